The van der Waals surface area contributed by atoms with Gasteiger partial charge in [-0.05, 0) is 0 Å². The van der Waals surface area contributed by atoms with Crippen molar-refractivity contribution in [3.05, 3.63) is 22.2 Å². The van der Waals surface area contributed by atoms with Crippen LogP contribution in [-0.2, 0) is 5.33 Å². The van der Waals surface area contributed by atoms with Gasteiger partial charge in [-0.1, -0.05) is 15.9 Å². The minimum absolute atomic E-state index is 0.0449. The number of anilines is 1. The van der Waals surface area contributed by atoms with Crippen LogP contribution in [0.5, 0.6) is 0 Å². The summed E-state index contributed by atoms with van der Waals surface area (Å²) >= 11 is 3.23. The van der Waals surface area contributed by atoms with Crippen LogP contribution in [0, 0.1) is 0 Å². The first-order chi connectivity index (χ1) is 6.70. The molecule has 0 aliphatic rings. The maximum absolute atomic E-state index is 11.3. The van der Waals surface area contributed by atoms with Gasteiger partial charge in [-0.2, -0.15) is 4.98 Å². The minimum Gasteiger partial charge on any atom is -0.369 e. The lowest BCUT2D eigenvalue weighted by Gasteiger charge is -1.98. The van der Waals surface area contributed by atoms with Gasteiger partial charge in [0.2, 0.25) is 5.95 Å². The van der Waals surface area contributed by atoms with Crippen molar-refractivity contribution in [3.63, 3.8) is 0 Å². The van der Waals surface area contributed by atoms with Crippen molar-refractivity contribution < 1.29 is 0 Å². The summed E-state index contributed by atoms with van der Waals surface area (Å²) in [5.41, 5.74) is 6.16. The molecule has 0 saturated heterocycles. The van der Waals surface area contributed by atoms with Crippen LogP contribution in [0.2, 0.25) is 0 Å². The van der Waals surface area contributed by atoms with Crippen molar-refractivity contribution in [1.29, 1.82) is 0 Å². The Morgan fingerprint density at radius 2 is 2.29 bits per heavy atom. The summed E-state index contributed by atoms with van der Waals surface area (Å²) in [6.45, 7) is 0. The molecule has 0 fully saturated rings. The van der Waals surface area contributed by atoms with Crippen LogP contribution in [0.3, 0.4) is 0 Å². The van der Waals surface area contributed by atoms with Gasteiger partial charge in [0.25, 0.3) is 5.56 Å². The third kappa shape index (κ3) is 1.46. The number of hydrogen-bond acceptors (Lipinski definition) is 5. The first-order valence-electron chi connectivity index (χ1n) is 3.78. The number of alkyl halides is 1. The van der Waals surface area contributed by atoms with E-state index >= 15 is 0 Å². The Hall–Kier alpha value is -1.50. The van der Waals surface area contributed by atoms with Crippen LogP contribution in [0.4, 0.5) is 5.95 Å². The molecule has 2 heterocycles. The third-order valence-electron chi connectivity index (χ3n) is 1.62. The van der Waals surface area contributed by atoms with Gasteiger partial charge < -0.3 is 5.73 Å². The number of nitrogens with two attached hydrogens (primary N) is 1. The Kier molecular flexibility index (Phi) is 2.16. The van der Waals surface area contributed by atoms with Crippen LogP contribution in [-0.4, -0.2) is 19.9 Å². The Balaban J connectivity index is 2.82. The minimum atomic E-state index is -0.374. The highest BCUT2D eigenvalue weighted by molar-refractivity contribution is 9.08. The molecule has 0 unspecified atom stereocenters. The van der Waals surface area contributed by atoms with Crippen LogP contribution >= 0.6 is 15.9 Å². The van der Waals surface area contributed by atoms with Gasteiger partial charge in [0.15, 0.2) is 11.2 Å². The fourth-order valence-electron chi connectivity index (χ4n) is 1.03. The molecular weight excluding hydrogens is 250 g/mol. The molecule has 0 aliphatic heterocycles. The normalized spacial score (nSPS) is 10.6. The van der Waals surface area contributed by atoms with Gasteiger partial charge in [-0.15, -0.1) is 0 Å². The number of H-pyrrole nitrogens is 1. The van der Waals surface area contributed by atoms with Crippen LogP contribution < -0.4 is 11.3 Å². The topological polar surface area (TPSA) is 97.5 Å². The molecule has 2 aromatic rings. The van der Waals surface area contributed by atoms with E-state index in [9.17, 15) is 4.79 Å². The highest BCUT2D eigenvalue weighted by Gasteiger charge is 2.05. The van der Waals surface area contributed by atoms with E-state index in [2.05, 4.69) is 35.9 Å². The average molecular weight is 256 g/mol. The number of aromatic nitrogens is 4. The molecule has 0 saturated carbocycles. The number of nitrogen functional groups attached to an aromatic ring is 1. The standard InChI is InChI=1S/C7H6BrN5O/c8-1-3-2-10-4-5(11-3)12-7(9)13-6(4)14/h2H,1H2,(H3,9,11,12,13,14). The third-order valence-corrected chi connectivity index (χ3v) is 2.20. The first kappa shape index (κ1) is 9.07. The van der Waals surface area contributed by atoms with Crippen LogP contribution in [0.15, 0.2) is 11.0 Å². The van der Waals surface area contributed by atoms with Crippen molar-refractivity contribution in [2.75, 3.05) is 5.73 Å². The Bertz CT molecular complexity index is 537. The van der Waals surface area contributed by atoms with E-state index in [1.165, 1.54) is 6.20 Å². The van der Waals surface area contributed by atoms with E-state index in [0.717, 1.165) is 0 Å². The molecular formula is C7H6BrN5O. The number of fused-ring (bicyclic) bond motifs is 1. The monoisotopic (exact) mass is 255 g/mol. The smallest absolute Gasteiger partial charge is 0.280 e. The van der Waals surface area contributed by atoms with Crippen LogP contribution in [0.25, 0.3) is 11.2 Å². The molecule has 14 heavy (non-hydrogen) atoms. The number of rotatable bonds is 1. The molecule has 6 nitrogen and oxygen atoms in total. The molecule has 0 amide bonds. The van der Waals surface area contributed by atoms with Crippen molar-refractivity contribution in [2.24, 2.45) is 0 Å². The van der Waals surface area contributed by atoms with Gasteiger partial charge in [0, 0.05) is 5.33 Å². The molecule has 0 aliphatic carbocycles. The summed E-state index contributed by atoms with van der Waals surface area (Å²) in [5.74, 6) is 0.0449. The van der Waals surface area contributed by atoms with E-state index < -0.39 is 0 Å². The fourth-order valence-corrected chi connectivity index (χ4v) is 1.30. The summed E-state index contributed by atoms with van der Waals surface area (Å²) in [5, 5.41) is 0.560. The second-order valence-corrected chi connectivity index (χ2v) is 3.18. The molecule has 72 valence electrons. The average Bonchev–Trinajstić information content (AvgIpc) is 2.16. The van der Waals surface area contributed by atoms with Crippen molar-refractivity contribution in [1.82, 2.24) is 19.9 Å². The Morgan fingerprint density at radius 1 is 1.50 bits per heavy atom. The SMILES string of the molecule is Nc1nc2nc(CBr)cnc2c(=O)[nH]1. The molecule has 2 rings (SSSR count). The second kappa shape index (κ2) is 3.33. The van der Waals surface area contributed by atoms with Crippen molar-refractivity contribution >= 4 is 33.0 Å². The zero-order chi connectivity index (χ0) is 10.1. The highest BCUT2D eigenvalue weighted by atomic mass is 79.9. The van der Waals surface area contributed by atoms with Gasteiger partial charge in [-0.25, -0.2) is 9.97 Å². The Labute approximate surface area is 86.7 Å². The molecule has 7 heteroatoms. The van der Waals surface area contributed by atoms with E-state index in [0.29, 0.717) is 11.0 Å². The molecule has 0 spiro atoms. The predicted molar refractivity (Wildman–Crippen MR) is 55.0 cm³/mol. The van der Waals surface area contributed by atoms with Crippen molar-refractivity contribution in [2.45, 2.75) is 5.33 Å². The molecule has 3 N–H and O–H groups in total. The molecule has 0 aromatic carbocycles. The van der Waals surface area contributed by atoms with Crippen molar-refractivity contribution in [3.8, 4) is 0 Å². The number of hydrogen-bond donors (Lipinski definition) is 2. The maximum atomic E-state index is 11.3. The summed E-state index contributed by atoms with van der Waals surface area (Å²) in [7, 11) is 0. The number of nitrogens with zero attached hydrogens (tertiary/aromatic N) is 3. The lowest BCUT2D eigenvalue weighted by atomic mass is 10.4. The van der Waals surface area contributed by atoms with Gasteiger partial charge in [0.05, 0.1) is 11.9 Å². The lowest BCUT2D eigenvalue weighted by molar-refractivity contribution is 1.09. The van der Waals surface area contributed by atoms with E-state index in [1.807, 2.05) is 0 Å². The van der Waals surface area contributed by atoms with Gasteiger partial charge >= 0.3 is 0 Å². The molecule has 0 radical (unpaired) electrons. The zero-order valence-corrected chi connectivity index (χ0v) is 8.58. The highest BCUT2D eigenvalue weighted by Crippen LogP contribution is 2.05. The van der Waals surface area contributed by atoms with Crippen LogP contribution in [0.1, 0.15) is 5.69 Å². The van der Waals surface area contributed by atoms with E-state index in [4.69, 9.17) is 5.73 Å². The number of nitrogens with one attached hydrogen (secondary N) is 1. The van der Waals surface area contributed by atoms with E-state index in [-0.39, 0.29) is 22.7 Å². The predicted octanol–water partition coefficient (Wildman–Crippen LogP) is 0.190. The summed E-state index contributed by atoms with van der Waals surface area (Å²) in [6.07, 6.45) is 1.52. The maximum Gasteiger partial charge on any atom is 0.280 e. The molecule has 0 atom stereocenters. The Morgan fingerprint density at radius 3 is 3.00 bits per heavy atom. The summed E-state index contributed by atoms with van der Waals surface area (Å²) in [6, 6.07) is 0. The largest absolute Gasteiger partial charge is 0.369 e. The first-order valence-corrected chi connectivity index (χ1v) is 4.90. The lowest BCUT2D eigenvalue weighted by Crippen LogP contribution is -2.13. The van der Waals surface area contributed by atoms with Gasteiger partial charge in [-0.3, -0.25) is 9.78 Å². The summed E-state index contributed by atoms with van der Waals surface area (Å²) < 4.78 is 0. The fraction of sp³-hybridized carbons (Fsp3) is 0.143. The molecule has 0 bridgehead atoms. The second-order valence-electron chi connectivity index (χ2n) is 2.62. The number of aromatic amines is 1. The summed E-state index contributed by atoms with van der Waals surface area (Å²) in [4.78, 5) is 25.6. The van der Waals surface area contributed by atoms with Gasteiger partial charge in [0.1, 0.15) is 0 Å². The quantitative estimate of drug-likeness (QED) is 0.710. The van der Waals surface area contributed by atoms with E-state index in [1.54, 1.807) is 0 Å². The zero-order valence-electron chi connectivity index (χ0n) is 6.99. The molecule has 2 aromatic heterocycles. The number of halogens is 1.